The second-order valence-electron chi connectivity index (χ2n) is 6.66. The van der Waals surface area contributed by atoms with Gasteiger partial charge in [0, 0.05) is 25.6 Å². The average molecular weight is 394 g/mol. The van der Waals surface area contributed by atoms with Crippen molar-refractivity contribution in [2.75, 3.05) is 26.3 Å². The average Bonchev–Trinajstić information content (AvgIpc) is 2.68. The molecule has 0 unspecified atom stereocenters. The second-order valence-corrected chi connectivity index (χ2v) is 8.43. The van der Waals surface area contributed by atoms with E-state index in [-0.39, 0.29) is 23.8 Å². The van der Waals surface area contributed by atoms with E-state index in [1.807, 2.05) is 0 Å². The zero-order valence-electron chi connectivity index (χ0n) is 15.3. The minimum atomic E-state index is -3.70. The second kappa shape index (κ2) is 9.23. The number of ether oxygens (including phenoxy) is 2. The summed E-state index contributed by atoms with van der Waals surface area (Å²) in [6, 6.07) is 4.48. The molecule has 1 heterocycles. The van der Waals surface area contributed by atoms with Crippen LogP contribution in [0.3, 0.4) is 0 Å². The highest BCUT2D eigenvalue weighted by molar-refractivity contribution is 7.89. The van der Waals surface area contributed by atoms with Crippen LogP contribution in [0.5, 0.6) is 11.5 Å². The van der Waals surface area contributed by atoms with E-state index in [1.54, 1.807) is 6.07 Å². The topological polar surface area (TPSA) is 93.7 Å². The van der Waals surface area contributed by atoms with Crippen LogP contribution < -0.4 is 19.5 Å². The van der Waals surface area contributed by atoms with Gasteiger partial charge in [-0.15, -0.1) is 0 Å². The molecule has 1 amide bonds. The highest BCUT2D eigenvalue weighted by Crippen LogP contribution is 2.32. The van der Waals surface area contributed by atoms with Crippen molar-refractivity contribution in [2.24, 2.45) is 0 Å². The molecule has 1 aromatic carbocycles. The number of hydrogen-bond acceptors (Lipinski definition) is 5. The normalized spacial score (nSPS) is 16.5. The van der Waals surface area contributed by atoms with Gasteiger partial charge in [-0.3, -0.25) is 4.79 Å². The molecule has 0 aromatic heterocycles. The van der Waals surface area contributed by atoms with Gasteiger partial charge >= 0.3 is 0 Å². The van der Waals surface area contributed by atoms with E-state index in [0.29, 0.717) is 31.3 Å². The van der Waals surface area contributed by atoms with Gasteiger partial charge < -0.3 is 14.8 Å². The van der Waals surface area contributed by atoms with Gasteiger partial charge in [0.25, 0.3) is 0 Å². The Hall–Kier alpha value is -2.06. The smallest absolute Gasteiger partial charge is 0.240 e. The first-order valence-electron chi connectivity index (χ1n) is 9.38. The molecule has 1 aromatic rings. The summed E-state index contributed by atoms with van der Waals surface area (Å²) in [4.78, 5) is 12.0. The van der Waals surface area contributed by atoms with Crippen molar-refractivity contribution in [3.63, 3.8) is 0 Å². The largest absolute Gasteiger partial charge is 0.486 e. The van der Waals surface area contributed by atoms with Gasteiger partial charge in [-0.1, -0.05) is 11.6 Å². The number of benzene rings is 1. The van der Waals surface area contributed by atoms with Crippen molar-refractivity contribution in [2.45, 2.75) is 43.4 Å². The number of rotatable bonds is 8. The van der Waals surface area contributed by atoms with E-state index in [4.69, 9.17) is 9.47 Å². The lowest BCUT2D eigenvalue weighted by molar-refractivity contribution is -0.120. The van der Waals surface area contributed by atoms with E-state index in [2.05, 4.69) is 16.1 Å². The first-order valence-corrected chi connectivity index (χ1v) is 10.9. The first-order chi connectivity index (χ1) is 13.0. The number of allylic oxidation sites excluding steroid dienone is 1. The van der Waals surface area contributed by atoms with Crippen LogP contribution in [0.4, 0.5) is 0 Å². The van der Waals surface area contributed by atoms with Crippen LogP contribution in [0.25, 0.3) is 0 Å². The zero-order valence-corrected chi connectivity index (χ0v) is 16.1. The van der Waals surface area contributed by atoms with Crippen LogP contribution in [0.1, 0.15) is 38.5 Å². The minimum absolute atomic E-state index is 0.0469. The summed E-state index contributed by atoms with van der Waals surface area (Å²) in [5, 5.41) is 2.85. The SMILES string of the molecule is O=C(CCNS(=O)(=O)c1ccc2c(c1)OCCO2)NCCC1=CCCCC1. The summed E-state index contributed by atoms with van der Waals surface area (Å²) >= 11 is 0. The lowest BCUT2D eigenvalue weighted by atomic mass is 9.97. The highest BCUT2D eigenvalue weighted by atomic mass is 32.2. The van der Waals surface area contributed by atoms with Crippen LogP contribution >= 0.6 is 0 Å². The van der Waals surface area contributed by atoms with Gasteiger partial charge in [0.15, 0.2) is 11.5 Å². The molecule has 3 rings (SSSR count). The van der Waals surface area contributed by atoms with Gasteiger partial charge in [0.05, 0.1) is 4.90 Å². The lowest BCUT2D eigenvalue weighted by Gasteiger charge is -2.18. The fourth-order valence-corrected chi connectivity index (χ4v) is 4.20. The molecular weight excluding hydrogens is 368 g/mol. The number of carbonyl (C=O) groups is 1. The van der Waals surface area contributed by atoms with Crippen LogP contribution in [-0.2, 0) is 14.8 Å². The molecule has 148 valence electrons. The molecular formula is C19H26N2O5S. The summed E-state index contributed by atoms with van der Waals surface area (Å²) in [5.41, 5.74) is 1.40. The van der Waals surface area contributed by atoms with Crippen LogP contribution in [0.15, 0.2) is 34.7 Å². The monoisotopic (exact) mass is 394 g/mol. The van der Waals surface area contributed by atoms with Crippen molar-refractivity contribution in [1.29, 1.82) is 0 Å². The number of nitrogens with one attached hydrogen (secondary N) is 2. The van der Waals surface area contributed by atoms with Crippen LogP contribution in [0, 0.1) is 0 Å². The Bertz CT molecular complexity index is 804. The molecule has 7 nitrogen and oxygen atoms in total. The molecule has 0 bridgehead atoms. The van der Waals surface area contributed by atoms with Crippen molar-refractivity contribution in [3.05, 3.63) is 29.8 Å². The molecule has 2 N–H and O–H groups in total. The highest BCUT2D eigenvalue weighted by Gasteiger charge is 2.19. The fraction of sp³-hybridized carbons (Fsp3) is 0.526. The van der Waals surface area contributed by atoms with Gasteiger partial charge in [0.1, 0.15) is 13.2 Å². The summed E-state index contributed by atoms with van der Waals surface area (Å²) < 4.78 is 38.0. The van der Waals surface area contributed by atoms with Crippen molar-refractivity contribution in [3.8, 4) is 11.5 Å². The molecule has 8 heteroatoms. The Morgan fingerprint density at radius 3 is 2.67 bits per heavy atom. The van der Waals surface area contributed by atoms with Crippen molar-refractivity contribution < 1.29 is 22.7 Å². The maximum Gasteiger partial charge on any atom is 0.240 e. The van der Waals surface area contributed by atoms with E-state index in [9.17, 15) is 13.2 Å². The molecule has 2 aliphatic rings. The Morgan fingerprint density at radius 2 is 1.89 bits per heavy atom. The molecule has 1 aliphatic heterocycles. The van der Waals surface area contributed by atoms with Crippen LogP contribution in [0.2, 0.25) is 0 Å². The molecule has 0 saturated heterocycles. The number of sulfonamides is 1. The first kappa shape index (κ1) is 19.7. The van der Waals surface area contributed by atoms with Gasteiger partial charge in [0.2, 0.25) is 15.9 Å². The molecule has 0 spiro atoms. The molecule has 27 heavy (non-hydrogen) atoms. The predicted octanol–water partition coefficient (Wildman–Crippen LogP) is 2.13. The zero-order chi connectivity index (χ0) is 19.1. The van der Waals surface area contributed by atoms with Gasteiger partial charge in [-0.2, -0.15) is 0 Å². The molecule has 0 radical (unpaired) electrons. The summed E-state index contributed by atoms with van der Waals surface area (Å²) in [7, 11) is -3.70. The van der Waals surface area contributed by atoms with Crippen molar-refractivity contribution >= 4 is 15.9 Å². The van der Waals surface area contributed by atoms with E-state index >= 15 is 0 Å². The number of amides is 1. The van der Waals surface area contributed by atoms with Crippen molar-refractivity contribution in [1.82, 2.24) is 10.0 Å². The molecule has 0 fully saturated rings. The maximum absolute atomic E-state index is 12.4. The number of carbonyl (C=O) groups excluding carboxylic acids is 1. The predicted molar refractivity (Wildman–Crippen MR) is 101 cm³/mol. The van der Waals surface area contributed by atoms with Crippen LogP contribution in [-0.4, -0.2) is 40.6 Å². The molecule has 0 atom stereocenters. The quantitative estimate of drug-likeness (QED) is 0.659. The lowest BCUT2D eigenvalue weighted by Crippen LogP contribution is -2.31. The number of fused-ring (bicyclic) bond motifs is 1. The Balaban J connectivity index is 1.42. The summed E-state index contributed by atoms with van der Waals surface area (Å²) in [6.07, 6.45) is 7.95. The van der Waals surface area contributed by atoms with E-state index < -0.39 is 10.0 Å². The van der Waals surface area contributed by atoms with E-state index in [1.165, 1.54) is 30.5 Å². The summed E-state index contributed by atoms with van der Waals surface area (Å²) in [6.45, 7) is 1.48. The standard InChI is InChI=1S/C19H26N2O5S/c22-19(20-10-8-15-4-2-1-3-5-15)9-11-21-27(23,24)16-6-7-17-18(14-16)26-13-12-25-17/h4,6-7,14,21H,1-3,5,8-13H2,(H,20,22). The molecule has 0 saturated carbocycles. The Morgan fingerprint density at radius 1 is 1.07 bits per heavy atom. The number of hydrogen-bond donors (Lipinski definition) is 2. The third-order valence-electron chi connectivity index (χ3n) is 4.62. The van der Waals surface area contributed by atoms with E-state index in [0.717, 1.165) is 19.3 Å². The Kier molecular flexibility index (Phi) is 6.73. The van der Waals surface area contributed by atoms with Gasteiger partial charge in [-0.05, 0) is 44.2 Å². The maximum atomic E-state index is 12.4. The Labute approximate surface area is 160 Å². The third-order valence-corrected chi connectivity index (χ3v) is 6.08. The fourth-order valence-electron chi connectivity index (χ4n) is 3.16. The molecule has 1 aliphatic carbocycles. The third kappa shape index (κ3) is 5.71. The summed E-state index contributed by atoms with van der Waals surface area (Å²) in [5.74, 6) is 0.794. The van der Waals surface area contributed by atoms with Gasteiger partial charge in [-0.25, -0.2) is 13.1 Å². The minimum Gasteiger partial charge on any atom is -0.486 e.